The summed E-state index contributed by atoms with van der Waals surface area (Å²) in [7, 11) is 1.63. The lowest BCUT2D eigenvalue weighted by Crippen LogP contribution is -2.31. The molecule has 29 heavy (non-hydrogen) atoms. The van der Waals surface area contributed by atoms with E-state index in [1.54, 1.807) is 14.0 Å². The van der Waals surface area contributed by atoms with E-state index in [1.165, 1.54) is 0 Å². The Morgan fingerprint density at radius 3 is 2.34 bits per heavy atom. The molecular weight excluding hydrogens is 502 g/mol. The maximum absolute atomic E-state index is 9.21. The first kappa shape index (κ1) is 28.3. The second-order valence-corrected chi connectivity index (χ2v) is 7.54. The summed E-state index contributed by atoms with van der Waals surface area (Å²) in [6.45, 7) is 5.11. The van der Waals surface area contributed by atoms with E-state index in [1.807, 2.05) is 36.4 Å². The quantitative estimate of drug-likeness (QED) is 0.371. The van der Waals surface area contributed by atoms with Crippen molar-refractivity contribution in [2.24, 2.45) is 0 Å². The summed E-state index contributed by atoms with van der Waals surface area (Å²) in [6, 6.07) is 11.6. The number of methoxy groups -OCH3 is 1. The van der Waals surface area contributed by atoms with Crippen LogP contribution in [0.1, 0.15) is 18.1 Å². The third-order valence-electron chi connectivity index (χ3n) is 3.83. The summed E-state index contributed by atoms with van der Waals surface area (Å²) in [4.78, 5) is 0. The molecule has 0 aliphatic carbocycles. The Bertz CT molecular complexity index is 719. The molecule has 1 unspecified atom stereocenters. The molecule has 0 bridgehead atoms. The average molecular weight is 531 g/mol. The minimum Gasteiger partial charge on any atom is -0.493 e. The van der Waals surface area contributed by atoms with Crippen LogP contribution in [-0.4, -0.2) is 38.0 Å². The van der Waals surface area contributed by atoms with Crippen molar-refractivity contribution in [2.45, 2.75) is 26.2 Å². The summed E-state index contributed by atoms with van der Waals surface area (Å²) in [5.41, 5.74) is 2.12. The van der Waals surface area contributed by atoms with E-state index in [4.69, 9.17) is 21.1 Å². The van der Waals surface area contributed by atoms with Crippen LogP contribution in [-0.2, 0) is 13.2 Å². The standard InChI is InChI=1S/C20H26BrClN2O3.2ClH/c1-14(25)11-23-7-8-24-12-16-9-18(21)20(19(10-16)26-2)27-13-15-3-5-17(22)6-4-15;;/h3-6,9-10,14,23-25H,7-8,11-13H2,1-2H3;2*1H. The fraction of sp³-hybridized carbons (Fsp3) is 0.400. The molecule has 164 valence electrons. The van der Waals surface area contributed by atoms with Crippen LogP contribution in [0.3, 0.4) is 0 Å². The average Bonchev–Trinajstić information content (AvgIpc) is 2.64. The number of ether oxygens (including phenoxy) is 2. The highest BCUT2D eigenvalue weighted by atomic mass is 79.9. The Morgan fingerprint density at radius 2 is 1.72 bits per heavy atom. The van der Waals surface area contributed by atoms with Crippen molar-refractivity contribution in [3.63, 3.8) is 0 Å². The summed E-state index contributed by atoms with van der Waals surface area (Å²) in [5.74, 6) is 1.36. The van der Waals surface area contributed by atoms with Crippen LogP contribution in [0.5, 0.6) is 11.5 Å². The molecule has 0 aliphatic heterocycles. The van der Waals surface area contributed by atoms with E-state index in [0.29, 0.717) is 36.2 Å². The maximum Gasteiger partial charge on any atom is 0.175 e. The lowest BCUT2D eigenvalue weighted by molar-refractivity contribution is 0.191. The topological polar surface area (TPSA) is 62.8 Å². The molecule has 0 radical (unpaired) electrons. The smallest absolute Gasteiger partial charge is 0.175 e. The summed E-state index contributed by atoms with van der Waals surface area (Å²) < 4.78 is 12.3. The zero-order chi connectivity index (χ0) is 19.6. The number of hydrogen-bond acceptors (Lipinski definition) is 5. The minimum atomic E-state index is -0.328. The molecule has 0 heterocycles. The molecule has 1 atom stereocenters. The summed E-state index contributed by atoms with van der Waals surface area (Å²) >= 11 is 9.49. The van der Waals surface area contributed by atoms with Gasteiger partial charge in [-0.2, -0.15) is 0 Å². The molecule has 0 saturated heterocycles. The van der Waals surface area contributed by atoms with Gasteiger partial charge in [-0.3, -0.25) is 0 Å². The van der Waals surface area contributed by atoms with Crippen molar-refractivity contribution < 1.29 is 14.6 Å². The van der Waals surface area contributed by atoms with Gasteiger partial charge >= 0.3 is 0 Å². The number of aliphatic hydroxyl groups excluding tert-OH is 1. The number of benzene rings is 2. The van der Waals surface area contributed by atoms with Crippen LogP contribution in [0.25, 0.3) is 0 Å². The normalized spacial score (nSPS) is 11.2. The van der Waals surface area contributed by atoms with Gasteiger partial charge in [0.25, 0.3) is 0 Å². The minimum absolute atomic E-state index is 0. The van der Waals surface area contributed by atoms with Gasteiger partial charge in [0.1, 0.15) is 6.61 Å². The fourth-order valence-corrected chi connectivity index (χ4v) is 3.20. The summed E-state index contributed by atoms with van der Waals surface area (Å²) in [5, 5.41) is 16.5. The number of nitrogens with one attached hydrogen (secondary N) is 2. The third kappa shape index (κ3) is 10.2. The summed E-state index contributed by atoms with van der Waals surface area (Å²) in [6.07, 6.45) is -0.328. The molecule has 5 nitrogen and oxygen atoms in total. The maximum atomic E-state index is 9.21. The van der Waals surface area contributed by atoms with Gasteiger partial charge in [-0.15, -0.1) is 24.8 Å². The van der Waals surface area contributed by atoms with Gasteiger partial charge in [0.05, 0.1) is 17.7 Å². The second-order valence-electron chi connectivity index (χ2n) is 6.25. The van der Waals surface area contributed by atoms with Crippen LogP contribution in [0.4, 0.5) is 0 Å². The highest BCUT2D eigenvalue weighted by Gasteiger charge is 2.12. The van der Waals surface area contributed by atoms with Crippen LogP contribution in [0.2, 0.25) is 5.02 Å². The van der Waals surface area contributed by atoms with Gasteiger partial charge in [0.15, 0.2) is 11.5 Å². The Labute approximate surface area is 198 Å². The van der Waals surface area contributed by atoms with E-state index in [-0.39, 0.29) is 30.9 Å². The fourth-order valence-electron chi connectivity index (χ4n) is 2.47. The zero-order valence-corrected chi connectivity index (χ0v) is 20.4. The number of rotatable bonds is 11. The molecule has 3 N–H and O–H groups in total. The first-order valence-corrected chi connectivity index (χ1v) is 10.00. The van der Waals surface area contributed by atoms with Crippen molar-refractivity contribution in [3.05, 3.63) is 57.0 Å². The Morgan fingerprint density at radius 1 is 1.07 bits per heavy atom. The van der Waals surface area contributed by atoms with E-state index in [2.05, 4.69) is 26.6 Å². The Balaban J connectivity index is 0.00000392. The number of hydrogen-bond donors (Lipinski definition) is 3. The molecular formula is C20H28BrCl3N2O3. The SMILES string of the molecule is COc1cc(CNCCNCC(C)O)cc(Br)c1OCc1ccc(Cl)cc1.Cl.Cl. The van der Waals surface area contributed by atoms with E-state index in [0.717, 1.165) is 28.7 Å². The molecule has 0 saturated carbocycles. The predicted octanol–water partition coefficient (Wildman–Crippen LogP) is 4.59. The Kier molecular flexibility index (Phi) is 14.7. The highest BCUT2D eigenvalue weighted by Crippen LogP contribution is 2.37. The molecule has 2 aromatic rings. The second kappa shape index (κ2) is 15.1. The van der Waals surface area contributed by atoms with E-state index >= 15 is 0 Å². The van der Waals surface area contributed by atoms with Gasteiger partial charge in [-0.1, -0.05) is 23.7 Å². The van der Waals surface area contributed by atoms with Gasteiger partial charge < -0.3 is 25.2 Å². The van der Waals surface area contributed by atoms with Crippen LogP contribution in [0.15, 0.2) is 40.9 Å². The lowest BCUT2D eigenvalue weighted by atomic mass is 10.2. The lowest BCUT2D eigenvalue weighted by Gasteiger charge is -2.15. The van der Waals surface area contributed by atoms with Crippen LogP contribution < -0.4 is 20.1 Å². The van der Waals surface area contributed by atoms with Crippen molar-refractivity contribution in [3.8, 4) is 11.5 Å². The van der Waals surface area contributed by atoms with E-state index in [9.17, 15) is 5.11 Å². The Hall–Kier alpha value is -0.730. The molecule has 0 spiro atoms. The molecule has 0 fully saturated rings. The molecule has 2 rings (SSSR count). The molecule has 0 amide bonds. The molecule has 9 heteroatoms. The van der Waals surface area contributed by atoms with Crippen LogP contribution >= 0.6 is 52.3 Å². The first-order valence-electron chi connectivity index (χ1n) is 8.82. The molecule has 2 aromatic carbocycles. The van der Waals surface area contributed by atoms with Crippen molar-refractivity contribution in [1.82, 2.24) is 10.6 Å². The van der Waals surface area contributed by atoms with E-state index < -0.39 is 0 Å². The first-order chi connectivity index (χ1) is 13.0. The number of aliphatic hydroxyl groups is 1. The van der Waals surface area contributed by atoms with Gasteiger partial charge in [-0.05, 0) is 58.2 Å². The molecule has 0 aliphatic rings. The zero-order valence-electron chi connectivity index (χ0n) is 16.4. The van der Waals surface area contributed by atoms with Crippen molar-refractivity contribution in [2.75, 3.05) is 26.7 Å². The van der Waals surface area contributed by atoms with Crippen molar-refractivity contribution >= 4 is 52.3 Å². The van der Waals surface area contributed by atoms with Crippen LogP contribution in [0, 0.1) is 0 Å². The van der Waals surface area contributed by atoms with Gasteiger partial charge in [-0.25, -0.2) is 0 Å². The highest BCUT2D eigenvalue weighted by molar-refractivity contribution is 9.10. The largest absolute Gasteiger partial charge is 0.493 e. The third-order valence-corrected chi connectivity index (χ3v) is 4.67. The predicted molar refractivity (Wildman–Crippen MR) is 127 cm³/mol. The molecule has 0 aromatic heterocycles. The van der Waals surface area contributed by atoms with Crippen molar-refractivity contribution in [1.29, 1.82) is 0 Å². The number of halogens is 4. The monoisotopic (exact) mass is 528 g/mol. The van der Waals surface area contributed by atoms with Gasteiger partial charge in [0.2, 0.25) is 0 Å². The van der Waals surface area contributed by atoms with Gasteiger partial charge in [0, 0.05) is 31.2 Å².